The molecular weight excluding hydrogens is 596 g/mol. The van der Waals surface area contributed by atoms with Crippen LogP contribution in [0, 0.1) is 0 Å². The van der Waals surface area contributed by atoms with Crippen LogP contribution >= 0.6 is 11.6 Å². The average molecular weight is 647 g/mol. The monoisotopic (exact) mass is 646 g/mol. The number of nitrogens with zero attached hydrogens (tertiary/aromatic N) is 4. The molecule has 0 bridgehead atoms. The summed E-state index contributed by atoms with van der Waals surface area (Å²) in [5, 5.41) is 0.751. The van der Waals surface area contributed by atoms with Crippen molar-refractivity contribution in [2.75, 3.05) is 59.1 Å². The lowest BCUT2D eigenvalue weighted by Gasteiger charge is -2.18. The Labute approximate surface area is 280 Å². The predicted octanol–water partition coefficient (Wildman–Crippen LogP) is 8.36. The zero-order valence-corrected chi connectivity index (χ0v) is 28.7. The summed E-state index contributed by atoms with van der Waals surface area (Å²) in [6, 6.07) is 20.4. The summed E-state index contributed by atoms with van der Waals surface area (Å²) < 4.78 is 21.3. The number of likely N-dealkylation sites (tertiary alicyclic amines) is 1. The second-order valence-electron chi connectivity index (χ2n) is 12.1. The van der Waals surface area contributed by atoms with Crippen LogP contribution in [0.2, 0.25) is 5.02 Å². The third kappa shape index (κ3) is 9.40. The van der Waals surface area contributed by atoms with Crippen LogP contribution in [0.5, 0.6) is 17.2 Å². The Morgan fingerprint density at radius 3 is 2.24 bits per heavy atom. The van der Waals surface area contributed by atoms with Gasteiger partial charge in [0.2, 0.25) is 0 Å². The van der Waals surface area contributed by atoms with Gasteiger partial charge in [0.25, 0.3) is 0 Å². The van der Waals surface area contributed by atoms with Gasteiger partial charge in [0.05, 0.1) is 18.7 Å². The largest absolute Gasteiger partial charge is 0.493 e. The molecule has 0 N–H and O–H groups in total. The molecule has 0 radical (unpaired) electrons. The topological polar surface area (TPSA) is 52.0 Å². The number of benzene rings is 3. The van der Waals surface area contributed by atoms with Crippen molar-refractivity contribution in [3.05, 3.63) is 71.2 Å². The molecule has 1 fully saturated rings. The number of rotatable bonds is 19. The molecule has 0 amide bonds. The Kier molecular flexibility index (Phi) is 13.0. The summed E-state index contributed by atoms with van der Waals surface area (Å²) in [4.78, 5) is 10.1. The molecule has 1 aromatic heterocycles. The van der Waals surface area contributed by atoms with E-state index in [-0.39, 0.29) is 0 Å². The maximum Gasteiger partial charge on any atom is 0.150 e. The van der Waals surface area contributed by atoms with Crippen molar-refractivity contribution in [1.29, 1.82) is 0 Å². The molecule has 5 rings (SSSR count). The molecule has 248 valence electrons. The molecule has 0 spiro atoms. The van der Waals surface area contributed by atoms with Gasteiger partial charge in [-0.2, -0.15) is 0 Å². The Bertz CT molecular complexity index is 1480. The van der Waals surface area contributed by atoms with Crippen molar-refractivity contribution >= 4 is 22.6 Å². The van der Waals surface area contributed by atoms with Gasteiger partial charge in [-0.15, -0.1) is 0 Å². The number of hydrogen-bond donors (Lipinski definition) is 0. The standard InChI is InChI=1S/C38H51ClN4O3/c1-4-7-23-43-35-28-34(44-25-10-22-41(5-2)6-3)29-36(46-27-24-42-20-8-9-21-42)37(35)40-38(43)31-13-17-33(18-14-31)45-26-19-30-11-15-32(39)16-12-30/h11-18,28-29H,4-10,19-27H2,1-3H3. The summed E-state index contributed by atoms with van der Waals surface area (Å²) in [5.74, 6) is 3.44. The van der Waals surface area contributed by atoms with Gasteiger partial charge in [-0.05, 0) is 93.8 Å². The summed E-state index contributed by atoms with van der Waals surface area (Å²) in [7, 11) is 0. The van der Waals surface area contributed by atoms with E-state index in [2.05, 4.69) is 53.3 Å². The molecule has 8 heteroatoms. The molecule has 46 heavy (non-hydrogen) atoms. The van der Waals surface area contributed by atoms with Crippen LogP contribution in [0.15, 0.2) is 60.7 Å². The quantitative estimate of drug-likeness (QED) is 0.0955. The van der Waals surface area contributed by atoms with Gasteiger partial charge in [0, 0.05) is 48.8 Å². The fourth-order valence-electron chi connectivity index (χ4n) is 6.07. The van der Waals surface area contributed by atoms with E-state index in [1.54, 1.807) is 0 Å². The lowest BCUT2D eigenvalue weighted by atomic mass is 10.1. The van der Waals surface area contributed by atoms with E-state index in [0.29, 0.717) is 19.8 Å². The lowest BCUT2D eigenvalue weighted by Crippen LogP contribution is -2.25. The highest BCUT2D eigenvalue weighted by Crippen LogP contribution is 2.35. The Morgan fingerprint density at radius 2 is 1.52 bits per heavy atom. The molecule has 0 atom stereocenters. The van der Waals surface area contributed by atoms with Crippen LogP contribution in [0.3, 0.4) is 0 Å². The van der Waals surface area contributed by atoms with Crippen molar-refractivity contribution in [3.63, 3.8) is 0 Å². The first-order valence-corrected chi connectivity index (χ1v) is 17.7. The van der Waals surface area contributed by atoms with Crippen molar-refractivity contribution < 1.29 is 14.2 Å². The minimum absolute atomic E-state index is 0.603. The average Bonchev–Trinajstić information content (AvgIpc) is 3.73. The van der Waals surface area contributed by atoms with Gasteiger partial charge in [-0.1, -0.05) is 50.9 Å². The fourth-order valence-corrected chi connectivity index (χ4v) is 6.20. The minimum atomic E-state index is 0.603. The number of unbranched alkanes of at least 4 members (excludes halogenated alkanes) is 1. The number of aryl methyl sites for hydroxylation is 1. The first kappa shape index (κ1) is 34.1. The highest BCUT2D eigenvalue weighted by atomic mass is 35.5. The van der Waals surface area contributed by atoms with Crippen molar-refractivity contribution in [3.8, 4) is 28.6 Å². The zero-order valence-electron chi connectivity index (χ0n) is 28.0. The smallest absolute Gasteiger partial charge is 0.150 e. The van der Waals surface area contributed by atoms with Crippen molar-refractivity contribution in [2.45, 2.75) is 65.8 Å². The van der Waals surface area contributed by atoms with Gasteiger partial charge in [-0.3, -0.25) is 4.90 Å². The predicted molar refractivity (Wildman–Crippen MR) is 190 cm³/mol. The molecule has 0 aliphatic carbocycles. The molecular formula is C38H51ClN4O3. The molecule has 2 heterocycles. The van der Waals surface area contributed by atoms with E-state index in [1.807, 2.05) is 42.5 Å². The van der Waals surface area contributed by atoms with Gasteiger partial charge in [0.15, 0.2) is 5.75 Å². The summed E-state index contributed by atoms with van der Waals surface area (Å²) in [5.41, 5.74) is 4.22. The fraction of sp³-hybridized carbons (Fsp3) is 0.500. The molecule has 1 saturated heterocycles. The third-order valence-corrected chi connectivity index (χ3v) is 9.11. The first-order chi connectivity index (χ1) is 22.6. The number of aromatic nitrogens is 2. The van der Waals surface area contributed by atoms with Gasteiger partial charge >= 0.3 is 0 Å². The molecule has 1 aliphatic heterocycles. The van der Waals surface area contributed by atoms with Gasteiger partial charge in [0.1, 0.15) is 29.4 Å². The SMILES string of the molecule is CCCCn1c(-c2ccc(OCCc3ccc(Cl)cc3)cc2)nc2c(OCCN3CCCC3)cc(OCCCN(CC)CC)cc21. The van der Waals surface area contributed by atoms with Crippen LogP contribution in [0.4, 0.5) is 0 Å². The van der Waals surface area contributed by atoms with Crippen LogP contribution in [0.25, 0.3) is 22.4 Å². The van der Waals surface area contributed by atoms with Crippen molar-refractivity contribution in [1.82, 2.24) is 19.4 Å². The molecule has 7 nitrogen and oxygen atoms in total. The number of fused-ring (bicyclic) bond motifs is 1. The molecule has 1 aliphatic rings. The maximum atomic E-state index is 6.48. The van der Waals surface area contributed by atoms with E-state index in [1.165, 1.54) is 18.4 Å². The Balaban J connectivity index is 1.36. The second kappa shape index (κ2) is 17.6. The lowest BCUT2D eigenvalue weighted by molar-refractivity contribution is 0.235. The van der Waals surface area contributed by atoms with Crippen LogP contribution < -0.4 is 14.2 Å². The third-order valence-electron chi connectivity index (χ3n) is 8.86. The van der Waals surface area contributed by atoms with E-state index in [4.69, 9.17) is 30.8 Å². The molecule has 3 aromatic carbocycles. The number of ether oxygens (including phenoxy) is 3. The van der Waals surface area contributed by atoms with Crippen molar-refractivity contribution in [2.24, 2.45) is 0 Å². The molecule has 4 aromatic rings. The zero-order chi connectivity index (χ0) is 32.1. The number of halogens is 1. The highest BCUT2D eigenvalue weighted by molar-refractivity contribution is 6.30. The summed E-state index contributed by atoms with van der Waals surface area (Å²) in [6.07, 6.45) is 6.52. The number of hydrogen-bond acceptors (Lipinski definition) is 6. The van der Waals surface area contributed by atoms with E-state index in [9.17, 15) is 0 Å². The molecule has 0 unspecified atom stereocenters. The summed E-state index contributed by atoms with van der Waals surface area (Å²) >= 11 is 6.02. The van der Waals surface area contributed by atoms with E-state index < -0.39 is 0 Å². The maximum absolute atomic E-state index is 6.48. The summed E-state index contributed by atoms with van der Waals surface area (Å²) in [6.45, 7) is 15.8. The van der Waals surface area contributed by atoms with E-state index >= 15 is 0 Å². The van der Waals surface area contributed by atoms with Gasteiger partial charge in [-0.25, -0.2) is 4.98 Å². The van der Waals surface area contributed by atoms with Crippen LogP contribution in [0.1, 0.15) is 58.4 Å². The first-order valence-electron chi connectivity index (χ1n) is 17.3. The second-order valence-corrected chi connectivity index (χ2v) is 12.5. The highest BCUT2D eigenvalue weighted by Gasteiger charge is 2.19. The Morgan fingerprint density at radius 1 is 0.783 bits per heavy atom. The Hall–Kier alpha value is -3.26. The van der Waals surface area contributed by atoms with E-state index in [0.717, 1.165) is 116 Å². The van der Waals surface area contributed by atoms with Gasteiger partial charge < -0.3 is 23.7 Å². The van der Waals surface area contributed by atoms with Crippen LogP contribution in [-0.2, 0) is 13.0 Å². The number of imidazole rings is 1. The molecule has 0 saturated carbocycles. The normalized spacial score (nSPS) is 13.6. The minimum Gasteiger partial charge on any atom is -0.493 e. The van der Waals surface area contributed by atoms with Crippen LogP contribution in [-0.4, -0.2) is 78.4 Å².